The van der Waals surface area contributed by atoms with Crippen LogP contribution >= 0.6 is 0 Å². The molecule has 0 unspecified atom stereocenters. The van der Waals surface area contributed by atoms with Crippen molar-refractivity contribution in [1.29, 1.82) is 0 Å². The molecule has 4 rings (SSSR count). The molecular weight excluding hydrogens is 288 g/mol. The Bertz CT molecular complexity index is 794. The second kappa shape index (κ2) is 5.83. The number of nitrogens with one attached hydrogen (secondary N) is 1. The number of H-pyrrole nitrogens is 1. The van der Waals surface area contributed by atoms with Crippen LogP contribution in [0.25, 0.3) is 11.0 Å². The number of pyridine rings is 1. The highest BCUT2D eigenvalue weighted by molar-refractivity contribution is 5.94. The highest BCUT2D eigenvalue weighted by Crippen LogP contribution is 2.31. The van der Waals surface area contributed by atoms with E-state index in [1.54, 1.807) is 24.5 Å². The molecule has 0 aliphatic carbocycles. The van der Waals surface area contributed by atoms with Crippen molar-refractivity contribution < 1.29 is 4.79 Å². The molecule has 1 saturated heterocycles. The molecule has 0 saturated carbocycles. The van der Waals surface area contributed by atoms with Crippen LogP contribution in [-0.2, 0) is 0 Å². The van der Waals surface area contributed by atoms with Crippen molar-refractivity contribution in [2.24, 2.45) is 0 Å². The van der Waals surface area contributed by atoms with E-state index in [2.05, 4.69) is 9.97 Å². The van der Waals surface area contributed by atoms with Crippen molar-refractivity contribution in [2.75, 3.05) is 6.54 Å². The van der Waals surface area contributed by atoms with Gasteiger partial charge in [0, 0.05) is 24.5 Å². The first kappa shape index (κ1) is 13.9. The number of carbonyl (C=O) groups is 1. The maximum Gasteiger partial charge on any atom is 0.254 e. The van der Waals surface area contributed by atoms with E-state index in [0.717, 1.165) is 42.7 Å². The highest BCUT2D eigenvalue weighted by Gasteiger charge is 2.30. The molecule has 23 heavy (non-hydrogen) atoms. The van der Waals surface area contributed by atoms with E-state index in [9.17, 15) is 4.79 Å². The average Bonchev–Trinajstić information content (AvgIpc) is 3.06. The third-order valence-electron chi connectivity index (χ3n) is 4.41. The number of benzene rings is 1. The van der Waals surface area contributed by atoms with E-state index in [1.807, 2.05) is 29.2 Å². The summed E-state index contributed by atoms with van der Waals surface area (Å²) in [5.41, 5.74) is 2.65. The Morgan fingerprint density at radius 2 is 1.96 bits per heavy atom. The number of imidazole rings is 1. The summed E-state index contributed by atoms with van der Waals surface area (Å²) in [6.45, 7) is 0.767. The predicted molar refractivity (Wildman–Crippen MR) is 88.0 cm³/mol. The summed E-state index contributed by atoms with van der Waals surface area (Å²) in [5, 5.41) is 0. The molecule has 5 nitrogen and oxygen atoms in total. The molecule has 1 amide bonds. The summed E-state index contributed by atoms with van der Waals surface area (Å²) in [7, 11) is 0. The van der Waals surface area contributed by atoms with Gasteiger partial charge in [-0.05, 0) is 43.5 Å². The van der Waals surface area contributed by atoms with Crippen molar-refractivity contribution in [1.82, 2.24) is 19.9 Å². The number of aromatic amines is 1. The zero-order valence-corrected chi connectivity index (χ0v) is 12.8. The van der Waals surface area contributed by atoms with Gasteiger partial charge in [0.25, 0.3) is 5.91 Å². The number of para-hydroxylation sites is 2. The van der Waals surface area contributed by atoms with E-state index in [-0.39, 0.29) is 11.9 Å². The van der Waals surface area contributed by atoms with E-state index in [0.29, 0.717) is 5.56 Å². The Labute approximate surface area is 134 Å². The predicted octanol–water partition coefficient (Wildman–Crippen LogP) is 3.33. The van der Waals surface area contributed by atoms with Gasteiger partial charge in [-0.25, -0.2) is 4.98 Å². The number of fused-ring (bicyclic) bond motifs is 1. The second-order valence-electron chi connectivity index (χ2n) is 5.89. The molecule has 1 fully saturated rings. The van der Waals surface area contributed by atoms with Crippen molar-refractivity contribution in [3.63, 3.8) is 0 Å². The Morgan fingerprint density at radius 3 is 2.78 bits per heavy atom. The van der Waals surface area contributed by atoms with Gasteiger partial charge in [-0.2, -0.15) is 0 Å². The van der Waals surface area contributed by atoms with Crippen molar-refractivity contribution in [3.05, 3.63) is 60.2 Å². The summed E-state index contributed by atoms with van der Waals surface area (Å²) < 4.78 is 0. The fraction of sp³-hybridized carbons (Fsp3) is 0.278. The van der Waals surface area contributed by atoms with Gasteiger partial charge in [0.2, 0.25) is 0 Å². The number of amides is 1. The molecule has 1 aromatic carbocycles. The number of piperidine rings is 1. The zero-order valence-electron chi connectivity index (χ0n) is 12.8. The molecule has 1 aliphatic heterocycles. The molecular formula is C18H18N4O. The van der Waals surface area contributed by atoms with Gasteiger partial charge >= 0.3 is 0 Å². The number of hydrogen-bond donors (Lipinski definition) is 1. The summed E-state index contributed by atoms with van der Waals surface area (Å²) in [6.07, 6.45) is 6.41. The highest BCUT2D eigenvalue weighted by atomic mass is 16.2. The minimum Gasteiger partial charge on any atom is -0.340 e. The molecule has 5 heteroatoms. The smallest absolute Gasteiger partial charge is 0.254 e. The maximum atomic E-state index is 12.9. The number of aromatic nitrogens is 3. The lowest BCUT2D eigenvalue weighted by Crippen LogP contribution is -2.39. The molecule has 1 N–H and O–H groups in total. The third-order valence-corrected chi connectivity index (χ3v) is 4.41. The monoisotopic (exact) mass is 306 g/mol. The largest absolute Gasteiger partial charge is 0.340 e. The van der Waals surface area contributed by atoms with Gasteiger partial charge in [-0.15, -0.1) is 0 Å². The van der Waals surface area contributed by atoms with Crippen LogP contribution in [0.3, 0.4) is 0 Å². The number of nitrogens with zero attached hydrogens (tertiary/aromatic N) is 3. The first-order chi connectivity index (χ1) is 11.3. The molecule has 0 radical (unpaired) electrons. The number of carbonyl (C=O) groups excluding carboxylic acids is 1. The summed E-state index contributed by atoms with van der Waals surface area (Å²) in [4.78, 5) is 26.9. The SMILES string of the molecule is O=C(c1ccncc1)N1CCCC[C@H]1c1nc2ccccc2[nH]1. The number of hydrogen-bond acceptors (Lipinski definition) is 3. The van der Waals surface area contributed by atoms with E-state index in [4.69, 9.17) is 4.98 Å². The molecule has 3 heterocycles. The summed E-state index contributed by atoms with van der Waals surface area (Å²) in [5.74, 6) is 0.936. The van der Waals surface area contributed by atoms with Crippen LogP contribution in [0.15, 0.2) is 48.8 Å². The minimum absolute atomic E-state index is 0.0109. The van der Waals surface area contributed by atoms with Crippen LogP contribution in [0.4, 0.5) is 0 Å². The molecule has 0 spiro atoms. The van der Waals surface area contributed by atoms with Gasteiger partial charge < -0.3 is 9.88 Å². The van der Waals surface area contributed by atoms with Gasteiger partial charge in [-0.1, -0.05) is 12.1 Å². The fourth-order valence-corrected chi connectivity index (χ4v) is 3.25. The van der Waals surface area contributed by atoms with E-state index >= 15 is 0 Å². The van der Waals surface area contributed by atoms with Crippen LogP contribution in [-0.4, -0.2) is 32.3 Å². The lowest BCUT2D eigenvalue weighted by Gasteiger charge is -2.34. The van der Waals surface area contributed by atoms with Gasteiger partial charge in [0.1, 0.15) is 5.82 Å². The fourth-order valence-electron chi connectivity index (χ4n) is 3.25. The normalized spacial score (nSPS) is 18.3. The van der Waals surface area contributed by atoms with Crippen molar-refractivity contribution in [3.8, 4) is 0 Å². The van der Waals surface area contributed by atoms with Crippen LogP contribution in [0.1, 0.15) is 41.5 Å². The Hall–Kier alpha value is -2.69. The van der Waals surface area contributed by atoms with Gasteiger partial charge in [0.05, 0.1) is 17.1 Å². The molecule has 3 aromatic rings. The van der Waals surface area contributed by atoms with Crippen molar-refractivity contribution in [2.45, 2.75) is 25.3 Å². The molecule has 2 aromatic heterocycles. The lowest BCUT2D eigenvalue weighted by atomic mass is 10.0. The number of likely N-dealkylation sites (tertiary alicyclic amines) is 1. The van der Waals surface area contributed by atoms with E-state index < -0.39 is 0 Å². The first-order valence-electron chi connectivity index (χ1n) is 7.98. The second-order valence-corrected chi connectivity index (χ2v) is 5.89. The zero-order chi connectivity index (χ0) is 15.6. The minimum atomic E-state index is 0.0109. The topological polar surface area (TPSA) is 61.9 Å². The average molecular weight is 306 g/mol. The van der Waals surface area contributed by atoms with Gasteiger partial charge in [0.15, 0.2) is 0 Å². The first-order valence-corrected chi connectivity index (χ1v) is 7.98. The standard InChI is InChI=1S/C18H18N4O/c23-18(13-8-10-19-11-9-13)22-12-4-3-7-16(22)17-20-14-5-1-2-6-15(14)21-17/h1-2,5-6,8-11,16H,3-4,7,12H2,(H,20,21)/t16-/m0/s1. The quantitative estimate of drug-likeness (QED) is 0.790. The Morgan fingerprint density at radius 1 is 1.13 bits per heavy atom. The van der Waals surface area contributed by atoms with Crippen LogP contribution in [0.5, 0.6) is 0 Å². The summed E-state index contributed by atoms with van der Waals surface area (Å²) >= 11 is 0. The maximum absolute atomic E-state index is 12.9. The van der Waals surface area contributed by atoms with Crippen LogP contribution in [0.2, 0.25) is 0 Å². The molecule has 1 aliphatic rings. The lowest BCUT2D eigenvalue weighted by molar-refractivity contribution is 0.0601. The Kier molecular flexibility index (Phi) is 3.54. The molecule has 0 bridgehead atoms. The summed E-state index contributed by atoms with van der Waals surface area (Å²) in [6, 6.07) is 11.5. The van der Waals surface area contributed by atoms with Crippen molar-refractivity contribution >= 4 is 16.9 Å². The van der Waals surface area contributed by atoms with Crippen LogP contribution in [0, 0.1) is 0 Å². The third kappa shape index (κ3) is 2.59. The van der Waals surface area contributed by atoms with Crippen LogP contribution < -0.4 is 0 Å². The number of rotatable bonds is 2. The van der Waals surface area contributed by atoms with Gasteiger partial charge in [-0.3, -0.25) is 9.78 Å². The molecule has 116 valence electrons. The molecule has 1 atom stereocenters. The Balaban J connectivity index is 1.69. The van der Waals surface area contributed by atoms with E-state index in [1.165, 1.54) is 0 Å².